The third kappa shape index (κ3) is 3.57. The van der Waals surface area contributed by atoms with Crippen LogP contribution in [0, 0.1) is 0 Å². The number of aromatic hydroxyl groups is 2. The second-order valence-corrected chi connectivity index (χ2v) is 6.75. The van der Waals surface area contributed by atoms with Gasteiger partial charge in [0.05, 0.1) is 0 Å². The van der Waals surface area contributed by atoms with E-state index in [2.05, 4.69) is 18.5 Å². The number of phenols is 2. The summed E-state index contributed by atoms with van der Waals surface area (Å²) < 4.78 is 0.368. The molecule has 0 amide bonds. The molecule has 0 aliphatic heterocycles. The van der Waals surface area contributed by atoms with Gasteiger partial charge >= 0.3 is 0 Å². The predicted octanol–water partition coefficient (Wildman–Crippen LogP) is 3.42. The molecule has 2 rings (SSSR count). The van der Waals surface area contributed by atoms with Crippen molar-refractivity contribution in [1.29, 1.82) is 0 Å². The van der Waals surface area contributed by atoms with Crippen LogP contribution in [0.3, 0.4) is 0 Å². The fourth-order valence-corrected chi connectivity index (χ4v) is 3.72. The first-order valence-corrected chi connectivity index (χ1v) is 8.09. The summed E-state index contributed by atoms with van der Waals surface area (Å²) in [4.78, 5) is 0. The maximum Gasteiger partial charge on any atom is 0.119 e. The minimum Gasteiger partial charge on any atom is -0.508 e. The molecule has 0 radical (unpaired) electrons. The lowest BCUT2D eigenvalue weighted by molar-refractivity contribution is 0.443. The highest BCUT2D eigenvalue weighted by Crippen LogP contribution is 2.40. The van der Waals surface area contributed by atoms with E-state index in [9.17, 15) is 10.2 Å². The number of nitrogens with one attached hydrogen (secondary N) is 1. The fourth-order valence-electron chi connectivity index (χ4n) is 2.80. The van der Waals surface area contributed by atoms with Crippen molar-refractivity contribution in [3.05, 3.63) is 23.8 Å². The van der Waals surface area contributed by atoms with E-state index in [1.807, 2.05) is 11.8 Å². The summed E-state index contributed by atoms with van der Waals surface area (Å²) >= 11 is 1.96. The molecule has 0 saturated heterocycles. The highest BCUT2D eigenvalue weighted by molar-refractivity contribution is 8.00. The van der Waals surface area contributed by atoms with Crippen LogP contribution in [-0.4, -0.2) is 27.8 Å². The molecule has 1 aliphatic rings. The molecular formula is C15H23NO2S. The van der Waals surface area contributed by atoms with Crippen LogP contribution in [0.15, 0.2) is 18.2 Å². The second kappa shape index (κ2) is 6.06. The highest BCUT2D eigenvalue weighted by atomic mass is 32.2. The average molecular weight is 281 g/mol. The van der Waals surface area contributed by atoms with Gasteiger partial charge in [-0.05, 0) is 43.7 Å². The maximum atomic E-state index is 9.53. The van der Waals surface area contributed by atoms with Gasteiger partial charge in [0.25, 0.3) is 0 Å². The standard InChI is InChI=1S/C15H23NO2S/c1-11(12-7-13(17)9-14(18)8-12)16-10-15(19-2)5-3-4-6-15/h7-9,11,16-18H,3-6,10H2,1-2H3. The maximum absolute atomic E-state index is 9.53. The molecule has 19 heavy (non-hydrogen) atoms. The van der Waals surface area contributed by atoms with E-state index < -0.39 is 0 Å². The minimum atomic E-state index is 0.115. The lowest BCUT2D eigenvalue weighted by atomic mass is 10.0. The van der Waals surface area contributed by atoms with Crippen molar-refractivity contribution in [2.45, 2.75) is 43.4 Å². The van der Waals surface area contributed by atoms with Gasteiger partial charge < -0.3 is 15.5 Å². The first-order chi connectivity index (χ1) is 9.04. The largest absolute Gasteiger partial charge is 0.508 e. The summed E-state index contributed by atoms with van der Waals surface area (Å²) in [6, 6.07) is 4.90. The van der Waals surface area contributed by atoms with E-state index in [-0.39, 0.29) is 17.5 Å². The molecule has 0 heterocycles. The average Bonchev–Trinajstić information content (AvgIpc) is 2.84. The van der Waals surface area contributed by atoms with E-state index in [1.54, 1.807) is 12.1 Å². The zero-order valence-corrected chi connectivity index (χ0v) is 12.5. The summed E-state index contributed by atoms with van der Waals surface area (Å²) in [7, 11) is 0. The van der Waals surface area contributed by atoms with E-state index in [0.29, 0.717) is 4.75 Å². The van der Waals surface area contributed by atoms with Gasteiger partial charge in [0.1, 0.15) is 11.5 Å². The first kappa shape index (κ1) is 14.5. The van der Waals surface area contributed by atoms with Crippen LogP contribution in [0.5, 0.6) is 11.5 Å². The zero-order valence-electron chi connectivity index (χ0n) is 11.6. The molecule has 1 saturated carbocycles. The summed E-state index contributed by atoms with van der Waals surface area (Å²) in [6.07, 6.45) is 7.39. The van der Waals surface area contributed by atoms with Crippen molar-refractivity contribution in [1.82, 2.24) is 5.32 Å². The second-order valence-electron chi connectivity index (χ2n) is 5.48. The fraction of sp³-hybridized carbons (Fsp3) is 0.600. The SMILES string of the molecule is CSC1(CNC(C)c2cc(O)cc(O)c2)CCCC1. The Morgan fingerprint density at radius 1 is 1.21 bits per heavy atom. The molecule has 1 aromatic carbocycles. The Bertz CT molecular complexity index is 410. The van der Waals surface area contributed by atoms with Gasteiger partial charge in [-0.3, -0.25) is 0 Å². The van der Waals surface area contributed by atoms with E-state index in [0.717, 1.165) is 12.1 Å². The molecule has 1 atom stereocenters. The van der Waals surface area contributed by atoms with Crippen LogP contribution in [0.1, 0.15) is 44.2 Å². The van der Waals surface area contributed by atoms with Crippen molar-refractivity contribution < 1.29 is 10.2 Å². The topological polar surface area (TPSA) is 52.5 Å². The number of rotatable bonds is 5. The molecule has 1 aromatic rings. The number of hydrogen-bond donors (Lipinski definition) is 3. The molecule has 0 spiro atoms. The van der Waals surface area contributed by atoms with Crippen molar-refractivity contribution in [2.75, 3.05) is 12.8 Å². The van der Waals surface area contributed by atoms with Crippen molar-refractivity contribution >= 4 is 11.8 Å². The molecule has 3 N–H and O–H groups in total. The van der Waals surface area contributed by atoms with Crippen LogP contribution < -0.4 is 5.32 Å². The molecule has 1 unspecified atom stereocenters. The molecule has 3 nitrogen and oxygen atoms in total. The van der Waals surface area contributed by atoms with Crippen molar-refractivity contribution in [2.24, 2.45) is 0 Å². The third-order valence-corrected chi connectivity index (χ3v) is 5.52. The Morgan fingerprint density at radius 2 is 1.79 bits per heavy atom. The van der Waals surface area contributed by atoms with Gasteiger partial charge in [-0.15, -0.1) is 0 Å². The Hall–Kier alpha value is -0.870. The smallest absolute Gasteiger partial charge is 0.119 e. The lowest BCUT2D eigenvalue weighted by Gasteiger charge is -2.29. The minimum absolute atomic E-state index is 0.115. The summed E-state index contributed by atoms with van der Waals surface area (Å²) in [5.74, 6) is 0.230. The molecular weight excluding hydrogens is 258 g/mol. The molecule has 0 aromatic heterocycles. The zero-order chi connectivity index (χ0) is 13.9. The Kier molecular flexibility index (Phi) is 4.63. The van der Waals surface area contributed by atoms with E-state index in [1.165, 1.54) is 31.7 Å². The van der Waals surface area contributed by atoms with E-state index >= 15 is 0 Å². The normalized spacial score (nSPS) is 19.5. The van der Waals surface area contributed by atoms with Gasteiger partial charge in [0.2, 0.25) is 0 Å². The summed E-state index contributed by atoms with van der Waals surface area (Å²) in [6.45, 7) is 3.04. The molecule has 106 valence electrons. The Balaban J connectivity index is 1.98. The van der Waals surface area contributed by atoms with Crippen LogP contribution >= 0.6 is 11.8 Å². The number of benzene rings is 1. The van der Waals surface area contributed by atoms with Crippen LogP contribution in [0.2, 0.25) is 0 Å². The quantitative estimate of drug-likeness (QED) is 0.774. The third-order valence-electron chi connectivity index (χ3n) is 4.10. The number of phenolic OH excluding ortho intramolecular Hbond substituents is 2. The Morgan fingerprint density at radius 3 is 2.32 bits per heavy atom. The summed E-state index contributed by atoms with van der Waals surface area (Å²) in [5, 5.41) is 22.6. The monoisotopic (exact) mass is 281 g/mol. The van der Waals surface area contributed by atoms with Crippen molar-refractivity contribution in [3.8, 4) is 11.5 Å². The first-order valence-electron chi connectivity index (χ1n) is 6.86. The lowest BCUT2D eigenvalue weighted by Crippen LogP contribution is -2.36. The van der Waals surface area contributed by atoms with Gasteiger partial charge in [0, 0.05) is 23.4 Å². The van der Waals surface area contributed by atoms with Gasteiger partial charge in [-0.1, -0.05) is 12.8 Å². The van der Waals surface area contributed by atoms with Crippen LogP contribution in [0.4, 0.5) is 0 Å². The molecule has 0 bridgehead atoms. The molecule has 1 fully saturated rings. The van der Waals surface area contributed by atoms with Gasteiger partial charge in [-0.2, -0.15) is 11.8 Å². The van der Waals surface area contributed by atoms with Gasteiger partial charge in [0.15, 0.2) is 0 Å². The predicted molar refractivity (Wildman–Crippen MR) is 80.9 cm³/mol. The van der Waals surface area contributed by atoms with Crippen LogP contribution in [-0.2, 0) is 0 Å². The summed E-state index contributed by atoms with van der Waals surface area (Å²) in [5.41, 5.74) is 0.923. The van der Waals surface area contributed by atoms with Crippen molar-refractivity contribution in [3.63, 3.8) is 0 Å². The molecule has 1 aliphatic carbocycles. The van der Waals surface area contributed by atoms with Gasteiger partial charge in [-0.25, -0.2) is 0 Å². The number of hydrogen-bond acceptors (Lipinski definition) is 4. The number of thioether (sulfide) groups is 1. The van der Waals surface area contributed by atoms with Crippen LogP contribution in [0.25, 0.3) is 0 Å². The Labute approximate surface area is 119 Å². The van der Waals surface area contributed by atoms with E-state index in [4.69, 9.17) is 0 Å². The highest BCUT2D eigenvalue weighted by Gasteiger charge is 2.32. The molecule has 4 heteroatoms.